The highest BCUT2D eigenvalue weighted by Gasteiger charge is 2.32. The fourth-order valence-corrected chi connectivity index (χ4v) is 4.71. The first kappa shape index (κ1) is 21.3. The van der Waals surface area contributed by atoms with Crippen LogP contribution in [0, 0.1) is 5.82 Å². The molecule has 164 valence electrons. The van der Waals surface area contributed by atoms with Crippen LogP contribution in [-0.2, 0) is 23.1 Å². The molecule has 0 saturated carbocycles. The molecule has 0 atom stereocenters. The largest absolute Gasteiger partial charge is 0.497 e. The lowest BCUT2D eigenvalue weighted by Crippen LogP contribution is -2.26. The third-order valence-electron chi connectivity index (χ3n) is 5.14. The third kappa shape index (κ3) is 4.15. The third-order valence-corrected chi connectivity index (χ3v) is 6.94. The fraction of sp³-hybridized carbons (Fsp3) is 0.318. The predicted octanol–water partition coefficient (Wildman–Crippen LogP) is 3.69. The van der Waals surface area contributed by atoms with Gasteiger partial charge in [0, 0.05) is 25.4 Å². The van der Waals surface area contributed by atoms with Gasteiger partial charge in [0.25, 0.3) is 6.01 Å². The summed E-state index contributed by atoms with van der Waals surface area (Å²) >= 11 is 0. The van der Waals surface area contributed by atoms with Crippen molar-refractivity contribution in [3.8, 4) is 23.0 Å². The Hall–Kier alpha value is -2.91. The van der Waals surface area contributed by atoms with Gasteiger partial charge in [-0.1, -0.05) is 12.1 Å². The molecule has 4 rings (SSSR count). The van der Waals surface area contributed by atoms with Crippen molar-refractivity contribution < 1.29 is 22.3 Å². The van der Waals surface area contributed by atoms with E-state index < -0.39 is 15.8 Å². The minimum atomic E-state index is -3.84. The molecule has 2 heterocycles. The lowest BCUT2D eigenvalue weighted by molar-refractivity contribution is 0.131. The first-order chi connectivity index (χ1) is 14.6. The van der Waals surface area contributed by atoms with Gasteiger partial charge in [-0.2, -0.15) is 9.29 Å². The van der Waals surface area contributed by atoms with Crippen LogP contribution in [0.5, 0.6) is 11.8 Å². The summed E-state index contributed by atoms with van der Waals surface area (Å²) in [6.45, 7) is 4.63. The summed E-state index contributed by atoms with van der Waals surface area (Å²) in [6, 6.07) is 11.3. The van der Waals surface area contributed by atoms with Crippen molar-refractivity contribution in [2.24, 2.45) is 0 Å². The van der Waals surface area contributed by atoms with E-state index in [1.165, 1.54) is 23.5 Å². The first-order valence-corrected chi connectivity index (χ1v) is 11.2. The molecule has 7 nitrogen and oxygen atoms in total. The minimum absolute atomic E-state index is 0.00526. The SMILES string of the molecule is COc1ccc(CN(C)S(=O)(=O)c2ccc(F)c(-c3cn4c(n3)OC(C)(C)C4)c2)cc1. The standard InChI is InChI=1S/C22H24FN3O4S/c1-22(2)14-26-13-20(24-21(26)30-22)18-11-17(9-10-19(18)23)31(27,28)25(3)12-15-5-7-16(29-4)8-6-15/h5-11,13H,12,14H2,1-4H3. The second kappa shape index (κ2) is 7.65. The van der Waals surface area contributed by atoms with Crippen LogP contribution in [0.4, 0.5) is 4.39 Å². The van der Waals surface area contributed by atoms with Gasteiger partial charge in [0.2, 0.25) is 10.0 Å². The Bertz CT molecular complexity index is 1190. The summed E-state index contributed by atoms with van der Waals surface area (Å²) < 4.78 is 54.7. The number of ether oxygens (including phenoxy) is 2. The van der Waals surface area contributed by atoms with Crippen molar-refractivity contribution >= 4 is 10.0 Å². The number of hydrogen-bond donors (Lipinski definition) is 0. The van der Waals surface area contributed by atoms with Crippen molar-refractivity contribution in [2.45, 2.75) is 37.4 Å². The summed E-state index contributed by atoms with van der Waals surface area (Å²) in [5, 5.41) is 0. The molecule has 1 aliphatic heterocycles. The van der Waals surface area contributed by atoms with Gasteiger partial charge < -0.3 is 9.47 Å². The average Bonchev–Trinajstić information content (AvgIpc) is 3.22. The molecular weight excluding hydrogens is 421 g/mol. The van der Waals surface area contributed by atoms with Gasteiger partial charge in [-0.3, -0.25) is 4.57 Å². The maximum atomic E-state index is 14.6. The number of sulfonamides is 1. The molecular formula is C22H24FN3O4S. The van der Waals surface area contributed by atoms with Crippen LogP contribution in [-0.4, -0.2) is 42.0 Å². The molecule has 0 saturated heterocycles. The van der Waals surface area contributed by atoms with Crippen LogP contribution >= 0.6 is 0 Å². The van der Waals surface area contributed by atoms with Gasteiger partial charge in [0.1, 0.15) is 17.2 Å². The van der Waals surface area contributed by atoms with Gasteiger partial charge in [-0.05, 0) is 49.7 Å². The highest BCUT2D eigenvalue weighted by molar-refractivity contribution is 7.89. The average molecular weight is 446 g/mol. The first-order valence-electron chi connectivity index (χ1n) is 9.74. The van der Waals surface area contributed by atoms with E-state index in [-0.39, 0.29) is 22.6 Å². The molecule has 9 heteroatoms. The molecule has 0 unspecified atom stereocenters. The molecule has 0 fully saturated rings. The van der Waals surface area contributed by atoms with E-state index in [4.69, 9.17) is 9.47 Å². The van der Waals surface area contributed by atoms with Crippen LogP contribution in [0.1, 0.15) is 19.4 Å². The highest BCUT2D eigenvalue weighted by Crippen LogP contribution is 2.33. The number of hydrogen-bond acceptors (Lipinski definition) is 5. The van der Waals surface area contributed by atoms with Gasteiger partial charge in [0.05, 0.1) is 24.2 Å². The molecule has 0 aliphatic carbocycles. The predicted molar refractivity (Wildman–Crippen MR) is 114 cm³/mol. The second-order valence-corrected chi connectivity index (χ2v) is 10.2. The lowest BCUT2D eigenvalue weighted by Gasteiger charge is -2.18. The smallest absolute Gasteiger partial charge is 0.297 e. The number of imidazole rings is 1. The molecule has 2 aromatic carbocycles. The summed E-state index contributed by atoms with van der Waals surface area (Å²) in [5.74, 6) is 0.143. The van der Waals surface area contributed by atoms with E-state index in [0.29, 0.717) is 24.0 Å². The number of rotatable bonds is 6. The quantitative estimate of drug-likeness (QED) is 0.579. The van der Waals surface area contributed by atoms with Crippen LogP contribution in [0.25, 0.3) is 11.3 Å². The van der Waals surface area contributed by atoms with E-state index in [2.05, 4.69) is 4.98 Å². The number of methoxy groups -OCH3 is 1. The van der Waals surface area contributed by atoms with E-state index in [1.807, 2.05) is 13.8 Å². The molecule has 0 amide bonds. The minimum Gasteiger partial charge on any atom is -0.497 e. The number of benzene rings is 2. The van der Waals surface area contributed by atoms with Crippen molar-refractivity contribution in [3.05, 3.63) is 60.0 Å². The van der Waals surface area contributed by atoms with E-state index >= 15 is 0 Å². The van der Waals surface area contributed by atoms with Crippen molar-refractivity contribution in [1.29, 1.82) is 0 Å². The molecule has 0 bridgehead atoms. The normalized spacial score (nSPS) is 15.0. The van der Waals surface area contributed by atoms with E-state index in [0.717, 1.165) is 11.6 Å². The Morgan fingerprint density at radius 2 is 1.94 bits per heavy atom. The Morgan fingerprint density at radius 1 is 1.23 bits per heavy atom. The Morgan fingerprint density at radius 3 is 2.58 bits per heavy atom. The molecule has 31 heavy (non-hydrogen) atoms. The van der Waals surface area contributed by atoms with E-state index in [9.17, 15) is 12.8 Å². The monoisotopic (exact) mass is 445 g/mol. The Labute approximate surface area is 181 Å². The topological polar surface area (TPSA) is 73.7 Å². The maximum absolute atomic E-state index is 14.6. The molecule has 1 aromatic heterocycles. The lowest BCUT2D eigenvalue weighted by atomic mass is 10.1. The van der Waals surface area contributed by atoms with Crippen LogP contribution in [0.15, 0.2) is 53.6 Å². The van der Waals surface area contributed by atoms with Gasteiger partial charge in [-0.15, -0.1) is 0 Å². The number of aromatic nitrogens is 2. The molecule has 0 spiro atoms. The summed E-state index contributed by atoms with van der Waals surface area (Å²) in [7, 11) is -0.785. The maximum Gasteiger partial charge on any atom is 0.297 e. The van der Waals surface area contributed by atoms with Gasteiger partial charge in [-0.25, -0.2) is 12.8 Å². The number of halogens is 1. The van der Waals surface area contributed by atoms with Crippen molar-refractivity contribution in [3.63, 3.8) is 0 Å². The molecule has 0 radical (unpaired) electrons. The van der Waals surface area contributed by atoms with Gasteiger partial charge in [0.15, 0.2) is 0 Å². The molecule has 1 aliphatic rings. The fourth-order valence-electron chi connectivity index (χ4n) is 3.53. The van der Waals surface area contributed by atoms with Crippen molar-refractivity contribution in [2.75, 3.05) is 14.2 Å². The molecule has 3 aromatic rings. The second-order valence-electron chi connectivity index (χ2n) is 8.15. The van der Waals surface area contributed by atoms with E-state index in [1.54, 1.807) is 42.1 Å². The van der Waals surface area contributed by atoms with Crippen LogP contribution < -0.4 is 9.47 Å². The molecule has 0 N–H and O–H groups in total. The summed E-state index contributed by atoms with van der Waals surface area (Å²) in [6.07, 6.45) is 1.68. The highest BCUT2D eigenvalue weighted by atomic mass is 32.2. The van der Waals surface area contributed by atoms with Crippen LogP contribution in [0.2, 0.25) is 0 Å². The zero-order chi connectivity index (χ0) is 22.4. The zero-order valence-corrected chi connectivity index (χ0v) is 18.6. The van der Waals surface area contributed by atoms with Crippen molar-refractivity contribution in [1.82, 2.24) is 13.9 Å². The Kier molecular flexibility index (Phi) is 5.26. The van der Waals surface area contributed by atoms with Crippen LogP contribution in [0.3, 0.4) is 0 Å². The summed E-state index contributed by atoms with van der Waals surface area (Å²) in [5.41, 5.74) is 0.869. The summed E-state index contributed by atoms with van der Waals surface area (Å²) in [4.78, 5) is 4.34. The number of nitrogens with zero attached hydrogens (tertiary/aromatic N) is 3. The number of fused-ring (bicyclic) bond motifs is 1. The van der Waals surface area contributed by atoms with Gasteiger partial charge >= 0.3 is 0 Å². The Balaban J connectivity index is 1.61. The zero-order valence-electron chi connectivity index (χ0n) is 17.8.